The first-order valence-corrected chi connectivity index (χ1v) is 4.28. The second kappa shape index (κ2) is 2.73. The molecular weight excluding hydrogens is 172 g/mol. The number of halogens is 1. The summed E-state index contributed by atoms with van der Waals surface area (Å²) in [5.41, 5.74) is 0. The summed E-state index contributed by atoms with van der Waals surface area (Å²) in [6.07, 6.45) is 0. The van der Waals surface area contributed by atoms with E-state index in [1.54, 1.807) is 0 Å². The van der Waals surface area contributed by atoms with Crippen molar-refractivity contribution in [1.29, 1.82) is 0 Å². The predicted molar refractivity (Wildman–Crippen MR) is 49.5 cm³/mol. The van der Waals surface area contributed by atoms with Gasteiger partial charge >= 0.3 is 0 Å². The van der Waals surface area contributed by atoms with E-state index < -0.39 is 0 Å². The summed E-state index contributed by atoms with van der Waals surface area (Å²) in [6.45, 7) is 1.14. The summed E-state index contributed by atoms with van der Waals surface area (Å²) in [7, 11) is 4.11. The van der Waals surface area contributed by atoms with E-state index >= 15 is 0 Å². The third-order valence-electron chi connectivity index (χ3n) is 2.19. The van der Waals surface area contributed by atoms with Crippen LogP contribution in [-0.4, -0.2) is 30.8 Å². The van der Waals surface area contributed by atoms with E-state index in [0.29, 0.717) is 0 Å². The molecule has 64 valence electrons. The molecule has 2 unspecified atom stereocenters. The average Bonchev–Trinajstić information content (AvgIpc) is 2.61. The first kappa shape index (κ1) is 8.05. The third-order valence-corrected chi connectivity index (χ3v) is 2.50. The zero-order valence-electron chi connectivity index (χ0n) is 7.21. The Morgan fingerprint density at radius 1 is 1.25 bits per heavy atom. The van der Waals surface area contributed by atoms with Crippen LogP contribution in [0.2, 0.25) is 5.02 Å². The van der Waals surface area contributed by atoms with E-state index in [1.165, 1.54) is 10.4 Å². The summed E-state index contributed by atoms with van der Waals surface area (Å²) in [5.74, 6) is 0. The monoisotopic (exact) mass is 182 g/mol. The number of hydrogen-bond acceptors (Lipinski definition) is 2. The van der Waals surface area contributed by atoms with Gasteiger partial charge in [-0.05, 0) is 11.3 Å². The number of hydrazine groups is 1. The van der Waals surface area contributed by atoms with Crippen LogP contribution in [0.4, 0.5) is 0 Å². The summed E-state index contributed by atoms with van der Waals surface area (Å²) in [4.78, 5) is 0. The summed E-state index contributed by atoms with van der Waals surface area (Å²) in [5, 5.41) is 7.71. The van der Waals surface area contributed by atoms with Crippen LogP contribution in [0.25, 0.3) is 0 Å². The Labute approximate surface area is 76.6 Å². The van der Waals surface area contributed by atoms with Gasteiger partial charge < -0.3 is 0 Å². The summed E-state index contributed by atoms with van der Waals surface area (Å²) in [6, 6.07) is 6.05. The van der Waals surface area contributed by atoms with Gasteiger partial charge in [0.2, 0.25) is 0 Å². The van der Waals surface area contributed by atoms with E-state index in [-0.39, 0.29) is 0 Å². The van der Waals surface area contributed by atoms with Crippen molar-refractivity contribution in [3.63, 3.8) is 0 Å². The van der Waals surface area contributed by atoms with Gasteiger partial charge in [-0.3, -0.25) is 0 Å². The van der Waals surface area contributed by atoms with Crippen molar-refractivity contribution in [1.82, 2.24) is 10.0 Å². The molecule has 3 heteroatoms. The molecule has 12 heavy (non-hydrogen) atoms. The van der Waals surface area contributed by atoms with E-state index in [4.69, 9.17) is 11.6 Å². The molecule has 2 atom stereocenters. The highest BCUT2D eigenvalue weighted by atomic mass is 35.5. The minimum Gasteiger partial charge on any atom is -0.228 e. The van der Waals surface area contributed by atoms with Crippen molar-refractivity contribution in [2.45, 2.75) is 0 Å². The molecular formula is C9H11ClN2. The number of nitrogens with zero attached hydrogens (tertiary/aromatic N) is 2. The molecule has 3 aliphatic rings. The number of hydrogen-bond donors (Lipinski definition) is 0. The fraction of sp³-hybridized carbons (Fsp3) is 0.333. The van der Waals surface area contributed by atoms with Crippen molar-refractivity contribution in [3.8, 4) is 0 Å². The lowest BCUT2D eigenvalue weighted by Crippen LogP contribution is -1.91. The molecule has 0 aromatic rings. The van der Waals surface area contributed by atoms with Gasteiger partial charge in [0.1, 0.15) is 0 Å². The molecule has 2 aliphatic carbocycles. The van der Waals surface area contributed by atoms with E-state index in [2.05, 4.69) is 30.2 Å². The molecule has 0 radical (unpaired) electrons. The molecule has 0 aromatic heterocycles. The lowest BCUT2D eigenvalue weighted by molar-refractivity contribution is 0.412. The lowest BCUT2D eigenvalue weighted by Gasteiger charge is -2.01. The minimum atomic E-state index is 0.914. The molecule has 0 saturated carbocycles. The van der Waals surface area contributed by atoms with Crippen LogP contribution in [0, 0.1) is 10.4 Å². The first-order valence-electron chi connectivity index (χ1n) is 3.90. The highest BCUT2D eigenvalue weighted by Gasteiger charge is 2.18. The van der Waals surface area contributed by atoms with Gasteiger partial charge in [-0.15, -0.1) is 0 Å². The van der Waals surface area contributed by atoms with Crippen molar-refractivity contribution in [2.75, 3.05) is 20.8 Å². The normalized spacial score (nSPS) is 27.2. The van der Waals surface area contributed by atoms with Crippen LogP contribution in [0.15, 0.2) is 18.2 Å². The van der Waals surface area contributed by atoms with Gasteiger partial charge in [-0.2, -0.15) is 0 Å². The van der Waals surface area contributed by atoms with E-state index in [9.17, 15) is 0 Å². The molecule has 1 fully saturated rings. The maximum Gasteiger partial charge on any atom is 0.0781 e. The molecule has 2 nitrogen and oxygen atoms in total. The van der Waals surface area contributed by atoms with Crippen LogP contribution >= 0.6 is 11.6 Å². The molecule has 1 aliphatic heterocycles. The Bertz CT molecular complexity index is 382. The molecule has 0 aromatic carbocycles. The lowest BCUT2D eigenvalue weighted by atomic mass is 10.1. The first-order chi connectivity index (χ1) is 5.68. The van der Waals surface area contributed by atoms with Crippen molar-refractivity contribution in [3.05, 3.63) is 33.7 Å². The topological polar surface area (TPSA) is 6.02 Å². The van der Waals surface area contributed by atoms with Gasteiger partial charge in [0.25, 0.3) is 0 Å². The SMILES string of the molecule is CN1CN1C.Clc1cc2ccc1=2. The molecule has 0 amide bonds. The fourth-order valence-corrected chi connectivity index (χ4v) is 1.30. The summed E-state index contributed by atoms with van der Waals surface area (Å²) >= 11 is 5.60. The zero-order chi connectivity index (χ0) is 8.72. The zero-order valence-corrected chi connectivity index (χ0v) is 7.97. The van der Waals surface area contributed by atoms with Gasteiger partial charge in [0.05, 0.1) is 6.67 Å². The molecule has 3 rings (SSSR count). The largest absolute Gasteiger partial charge is 0.228 e. The average molecular weight is 183 g/mol. The second-order valence-corrected chi connectivity index (χ2v) is 3.56. The standard InChI is InChI=1S/C6H3Cl.C3H8N2/c7-6-3-4-1-2-5(4)6;1-4-3-5(4)2/h1-3H;3H2,1-2H3. The Morgan fingerprint density at radius 3 is 1.83 bits per heavy atom. The van der Waals surface area contributed by atoms with E-state index in [1.807, 2.05) is 12.1 Å². The quantitative estimate of drug-likeness (QED) is 0.572. The molecule has 0 spiro atoms. The second-order valence-electron chi connectivity index (χ2n) is 3.15. The highest BCUT2D eigenvalue weighted by Crippen LogP contribution is 2.20. The van der Waals surface area contributed by atoms with Crippen LogP contribution in [0.1, 0.15) is 0 Å². The Kier molecular flexibility index (Phi) is 1.83. The summed E-state index contributed by atoms with van der Waals surface area (Å²) < 4.78 is 0. The fourth-order valence-electron chi connectivity index (χ4n) is 1.01. The van der Waals surface area contributed by atoms with E-state index in [0.717, 1.165) is 11.7 Å². The van der Waals surface area contributed by atoms with Crippen LogP contribution < -0.4 is 0 Å². The van der Waals surface area contributed by atoms with Crippen molar-refractivity contribution >= 4 is 11.6 Å². The number of rotatable bonds is 0. The van der Waals surface area contributed by atoms with Gasteiger partial charge in [0.15, 0.2) is 0 Å². The van der Waals surface area contributed by atoms with Gasteiger partial charge in [0, 0.05) is 24.3 Å². The maximum absolute atomic E-state index is 5.60. The Balaban J connectivity index is 0.000000100. The minimum absolute atomic E-state index is 0.914. The molecule has 0 bridgehead atoms. The van der Waals surface area contributed by atoms with Crippen LogP contribution in [-0.2, 0) is 0 Å². The Morgan fingerprint density at radius 2 is 1.83 bits per heavy atom. The highest BCUT2D eigenvalue weighted by molar-refractivity contribution is 6.31. The van der Waals surface area contributed by atoms with Crippen molar-refractivity contribution < 1.29 is 0 Å². The van der Waals surface area contributed by atoms with Crippen LogP contribution in [0.3, 0.4) is 0 Å². The molecule has 1 saturated heterocycles. The Hall–Kier alpha value is -0.570. The third kappa shape index (κ3) is 1.33. The van der Waals surface area contributed by atoms with Gasteiger partial charge in [-0.1, -0.05) is 23.7 Å². The maximum atomic E-state index is 5.60. The van der Waals surface area contributed by atoms with Crippen LogP contribution in [0.5, 0.6) is 0 Å². The predicted octanol–water partition coefficient (Wildman–Crippen LogP) is 1.68. The molecule has 0 N–H and O–H groups in total. The van der Waals surface area contributed by atoms with Crippen molar-refractivity contribution in [2.24, 2.45) is 0 Å². The number of benzene rings is 1. The smallest absolute Gasteiger partial charge is 0.0781 e. The van der Waals surface area contributed by atoms with Gasteiger partial charge in [-0.25, -0.2) is 10.0 Å². The molecule has 1 heterocycles.